The standard InChI is InChI=1S/C10H15ClO2/c1-8(11)10(9(12)13-2)6-4-3-5-7-10/h1,3-7H2,2H3. The number of hydrogen-bond acceptors (Lipinski definition) is 2. The van der Waals surface area contributed by atoms with Gasteiger partial charge >= 0.3 is 5.97 Å². The Balaban J connectivity index is 2.85. The van der Waals surface area contributed by atoms with Crippen molar-refractivity contribution in [2.45, 2.75) is 32.1 Å². The Morgan fingerprint density at radius 1 is 1.38 bits per heavy atom. The van der Waals surface area contributed by atoms with E-state index in [1.54, 1.807) is 0 Å². The molecular formula is C10H15ClO2. The Morgan fingerprint density at radius 2 is 1.92 bits per heavy atom. The van der Waals surface area contributed by atoms with Gasteiger partial charge in [0.25, 0.3) is 0 Å². The van der Waals surface area contributed by atoms with Crippen LogP contribution in [0.5, 0.6) is 0 Å². The van der Waals surface area contributed by atoms with Crippen molar-refractivity contribution in [1.29, 1.82) is 0 Å². The maximum atomic E-state index is 11.6. The summed E-state index contributed by atoms with van der Waals surface area (Å²) in [5, 5.41) is 0.430. The van der Waals surface area contributed by atoms with Crippen LogP contribution in [0.4, 0.5) is 0 Å². The Bertz CT molecular complexity index is 217. The van der Waals surface area contributed by atoms with Gasteiger partial charge in [-0.25, -0.2) is 0 Å². The molecule has 0 bridgehead atoms. The van der Waals surface area contributed by atoms with E-state index in [-0.39, 0.29) is 5.97 Å². The first-order valence-electron chi connectivity index (χ1n) is 4.57. The molecule has 0 aliphatic heterocycles. The van der Waals surface area contributed by atoms with Gasteiger partial charge in [0.15, 0.2) is 0 Å². The molecule has 13 heavy (non-hydrogen) atoms. The van der Waals surface area contributed by atoms with Crippen LogP contribution in [0.15, 0.2) is 11.6 Å². The lowest BCUT2D eigenvalue weighted by Crippen LogP contribution is -2.34. The topological polar surface area (TPSA) is 26.3 Å². The van der Waals surface area contributed by atoms with E-state index in [0.29, 0.717) is 5.03 Å². The number of halogens is 1. The van der Waals surface area contributed by atoms with Crippen molar-refractivity contribution in [1.82, 2.24) is 0 Å². The van der Waals surface area contributed by atoms with Crippen LogP contribution in [0.2, 0.25) is 0 Å². The zero-order chi connectivity index (χ0) is 9.90. The smallest absolute Gasteiger partial charge is 0.317 e. The summed E-state index contributed by atoms with van der Waals surface area (Å²) in [6.45, 7) is 3.68. The predicted octanol–water partition coefficient (Wildman–Crippen LogP) is 2.86. The number of carbonyl (C=O) groups is 1. The largest absolute Gasteiger partial charge is 0.468 e. The summed E-state index contributed by atoms with van der Waals surface area (Å²) in [7, 11) is 1.40. The number of ether oxygens (including phenoxy) is 1. The van der Waals surface area contributed by atoms with Crippen LogP contribution in [0.1, 0.15) is 32.1 Å². The first-order valence-corrected chi connectivity index (χ1v) is 4.94. The number of esters is 1. The van der Waals surface area contributed by atoms with Crippen molar-refractivity contribution in [2.75, 3.05) is 7.11 Å². The summed E-state index contributed by atoms with van der Waals surface area (Å²) in [5.41, 5.74) is -0.603. The molecule has 0 aromatic heterocycles. The third kappa shape index (κ3) is 1.88. The molecule has 1 saturated carbocycles. The molecule has 0 saturated heterocycles. The second-order valence-corrected chi connectivity index (χ2v) is 4.00. The third-order valence-corrected chi connectivity index (χ3v) is 3.16. The van der Waals surface area contributed by atoms with Crippen LogP contribution in [0, 0.1) is 5.41 Å². The molecule has 1 aliphatic carbocycles. The fourth-order valence-electron chi connectivity index (χ4n) is 1.94. The second-order valence-electron chi connectivity index (χ2n) is 3.54. The summed E-state index contributed by atoms with van der Waals surface area (Å²) < 4.78 is 4.77. The highest BCUT2D eigenvalue weighted by Gasteiger charge is 2.42. The zero-order valence-corrected chi connectivity index (χ0v) is 8.69. The Kier molecular flexibility index (Phi) is 3.37. The lowest BCUT2D eigenvalue weighted by Gasteiger charge is -2.33. The minimum Gasteiger partial charge on any atom is -0.468 e. The molecule has 0 radical (unpaired) electrons. The quantitative estimate of drug-likeness (QED) is 0.644. The van der Waals surface area contributed by atoms with Crippen LogP contribution in [0.25, 0.3) is 0 Å². The molecule has 0 heterocycles. The Labute approximate surface area is 83.9 Å². The predicted molar refractivity (Wildman–Crippen MR) is 52.5 cm³/mol. The summed E-state index contributed by atoms with van der Waals surface area (Å²) in [5.74, 6) is -0.229. The average Bonchev–Trinajstić information content (AvgIpc) is 2.17. The molecule has 1 fully saturated rings. The highest BCUT2D eigenvalue weighted by atomic mass is 35.5. The molecule has 0 aromatic rings. The van der Waals surface area contributed by atoms with Gasteiger partial charge in [0, 0.05) is 5.03 Å². The Hall–Kier alpha value is -0.500. The molecular weight excluding hydrogens is 188 g/mol. The van der Waals surface area contributed by atoms with Crippen molar-refractivity contribution in [3.8, 4) is 0 Å². The van der Waals surface area contributed by atoms with Crippen LogP contribution in [0.3, 0.4) is 0 Å². The van der Waals surface area contributed by atoms with Crippen molar-refractivity contribution in [3.63, 3.8) is 0 Å². The van der Waals surface area contributed by atoms with Gasteiger partial charge in [-0.15, -0.1) is 0 Å². The summed E-state index contributed by atoms with van der Waals surface area (Å²) in [6.07, 6.45) is 4.79. The van der Waals surface area contributed by atoms with Crippen molar-refractivity contribution >= 4 is 17.6 Å². The molecule has 3 heteroatoms. The number of rotatable bonds is 2. The minimum absolute atomic E-state index is 0.229. The first kappa shape index (κ1) is 10.6. The van der Waals surface area contributed by atoms with Crippen LogP contribution >= 0.6 is 11.6 Å². The van der Waals surface area contributed by atoms with E-state index in [0.717, 1.165) is 25.7 Å². The normalized spacial score (nSPS) is 20.8. The molecule has 0 N–H and O–H groups in total. The van der Waals surface area contributed by atoms with E-state index in [2.05, 4.69) is 6.58 Å². The van der Waals surface area contributed by atoms with Gasteiger partial charge in [0.2, 0.25) is 0 Å². The van der Waals surface area contributed by atoms with Crippen molar-refractivity contribution < 1.29 is 9.53 Å². The zero-order valence-electron chi connectivity index (χ0n) is 7.94. The third-order valence-electron chi connectivity index (χ3n) is 2.80. The molecule has 74 valence electrons. The molecule has 1 rings (SSSR count). The van der Waals surface area contributed by atoms with E-state index < -0.39 is 5.41 Å². The van der Waals surface area contributed by atoms with Crippen molar-refractivity contribution in [2.24, 2.45) is 5.41 Å². The van der Waals surface area contributed by atoms with E-state index in [1.807, 2.05) is 0 Å². The van der Waals surface area contributed by atoms with Gasteiger partial charge in [-0.3, -0.25) is 4.79 Å². The monoisotopic (exact) mass is 202 g/mol. The van der Waals surface area contributed by atoms with Gasteiger partial charge in [-0.05, 0) is 12.8 Å². The molecule has 1 aliphatic rings. The van der Waals surface area contributed by atoms with E-state index in [1.165, 1.54) is 13.5 Å². The van der Waals surface area contributed by atoms with Gasteiger partial charge in [0.05, 0.1) is 7.11 Å². The molecule has 0 unspecified atom stereocenters. The maximum Gasteiger partial charge on any atom is 0.317 e. The summed E-state index contributed by atoms with van der Waals surface area (Å²) >= 11 is 5.89. The summed E-state index contributed by atoms with van der Waals surface area (Å²) in [4.78, 5) is 11.6. The van der Waals surface area contributed by atoms with Crippen LogP contribution in [-0.4, -0.2) is 13.1 Å². The summed E-state index contributed by atoms with van der Waals surface area (Å²) in [6, 6.07) is 0. The van der Waals surface area contributed by atoms with Gasteiger partial charge in [-0.1, -0.05) is 37.4 Å². The number of carbonyl (C=O) groups excluding carboxylic acids is 1. The lowest BCUT2D eigenvalue weighted by atomic mass is 9.74. The van der Waals surface area contributed by atoms with E-state index >= 15 is 0 Å². The minimum atomic E-state index is -0.603. The second kappa shape index (κ2) is 4.14. The lowest BCUT2D eigenvalue weighted by molar-refractivity contribution is -0.151. The SMILES string of the molecule is C=C(Cl)C1(C(=O)OC)CCCCC1. The maximum absolute atomic E-state index is 11.6. The molecule has 0 aromatic carbocycles. The van der Waals surface area contributed by atoms with Gasteiger partial charge in [-0.2, -0.15) is 0 Å². The van der Waals surface area contributed by atoms with Crippen LogP contribution in [-0.2, 0) is 9.53 Å². The molecule has 0 atom stereocenters. The van der Waals surface area contributed by atoms with Gasteiger partial charge < -0.3 is 4.74 Å². The average molecular weight is 203 g/mol. The van der Waals surface area contributed by atoms with Crippen molar-refractivity contribution in [3.05, 3.63) is 11.6 Å². The molecule has 0 amide bonds. The number of methoxy groups -OCH3 is 1. The number of hydrogen-bond donors (Lipinski definition) is 0. The highest BCUT2D eigenvalue weighted by Crippen LogP contribution is 2.44. The fourth-order valence-corrected chi connectivity index (χ4v) is 2.20. The van der Waals surface area contributed by atoms with Gasteiger partial charge in [0.1, 0.15) is 5.41 Å². The molecule has 2 nitrogen and oxygen atoms in total. The highest BCUT2D eigenvalue weighted by molar-refractivity contribution is 6.31. The fraction of sp³-hybridized carbons (Fsp3) is 0.700. The Morgan fingerprint density at radius 3 is 2.31 bits per heavy atom. The van der Waals surface area contributed by atoms with E-state index in [9.17, 15) is 4.79 Å². The first-order chi connectivity index (χ1) is 6.13. The van der Waals surface area contributed by atoms with E-state index in [4.69, 9.17) is 16.3 Å². The molecule has 0 spiro atoms. The van der Waals surface area contributed by atoms with Crippen LogP contribution < -0.4 is 0 Å².